The molecule has 10 heteroatoms. The molecule has 1 N–H and O–H groups in total. The van der Waals surface area contributed by atoms with Gasteiger partial charge in [0.1, 0.15) is 6.10 Å². The lowest BCUT2D eigenvalue weighted by molar-refractivity contribution is -0.159. The van der Waals surface area contributed by atoms with E-state index in [0.29, 0.717) is 0 Å². The predicted octanol–water partition coefficient (Wildman–Crippen LogP) is 1.60. The summed E-state index contributed by atoms with van der Waals surface area (Å²) >= 11 is 0. The molecule has 0 aromatic heterocycles. The van der Waals surface area contributed by atoms with Gasteiger partial charge in [-0.05, 0) is 18.8 Å². The minimum atomic E-state index is -2.39. The van der Waals surface area contributed by atoms with Crippen LogP contribution in [0.5, 0.6) is 5.75 Å². The topological polar surface area (TPSA) is 72.8 Å². The fraction of sp³-hybridized carbons (Fsp3) is 0.467. The van der Waals surface area contributed by atoms with E-state index in [1.54, 1.807) is 0 Å². The molecule has 2 aliphatic carbocycles. The number of fused-ring (bicyclic) bond motifs is 1. The van der Waals surface area contributed by atoms with Crippen molar-refractivity contribution in [1.82, 2.24) is 0 Å². The van der Waals surface area contributed by atoms with E-state index in [9.17, 15) is 36.6 Å². The maximum absolute atomic E-state index is 13.7. The first-order valence-electron chi connectivity index (χ1n) is 7.33. The highest BCUT2D eigenvalue weighted by molar-refractivity contribution is 6.03. The van der Waals surface area contributed by atoms with Crippen molar-refractivity contribution in [1.29, 1.82) is 0 Å². The molecule has 1 aromatic rings. The number of rotatable bonds is 2. The number of halogens is 5. The van der Waals surface area contributed by atoms with E-state index < -0.39 is 76.2 Å². The number of carbonyl (C=O) groups excluding carboxylic acids is 2. The molecule has 0 radical (unpaired) electrons. The highest BCUT2D eigenvalue weighted by Gasteiger charge is 2.74. The fourth-order valence-corrected chi connectivity index (χ4v) is 4.15. The molecule has 1 aliphatic heterocycles. The third-order valence-corrected chi connectivity index (χ3v) is 5.33. The fourth-order valence-electron chi connectivity index (χ4n) is 4.15. The number of aliphatic hydroxyl groups is 1. The SMILES string of the molecule is O=C(Oc1c(F)c(F)c(F)c(F)c1F)C12CC3CC1C(OC2=O)C3O. The Morgan fingerprint density at radius 3 is 2.20 bits per heavy atom. The van der Waals surface area contributed by atoms with Gasteiger partial charge in [0.2, 0.25) is 34.8 Å². The number of carbonyl (C=O) groups is 2. The maximum atomic E-state index is 13.7. The second kappa shape index (κ2) is 4.90. The van der Waals surface area contributed by atoms with E-state index in [0.717, 1.165) is 0 Å². The minimum absolute atomic E-state index is 0.178. The van der Waals surface area contributed by atoms with Crippen LogP contribution in [0.4, 0.5) is 22.0 Å². The Kier molecular flexibility index (Phi) is 3.19. The zero-order valence-corrected chi connectivity index (χ0v) is 12.2. The van der Waals surface area contributed by atoms with Gasteiger partial charge in [0.05, 0.1) is 6.10 Å². The molecule has 3 aliphatic rings. The Morgan fingerprint density at radius 2 is 1.64 bits per heavy atom. The lowest BCUT2D eigenvalue weighted by atomic mass is 9.73. The van der Waals surface area contributed by atoms with Gasteiger partial charge in [0, 0.05) is 5.92 Å². The molecule has 4 rings (SSSR count). The number of hydrogen-bond acceptors (Lipinski definition) is 5. The minimum Gasteiger partial charge on any atom is -0.458 e. The lowest BCUT2D eigenvalue weighted by Gasteiger charge is -2.28. The van der Waals surface area contributed by atoms with Crippen molar-refractivity contribution in [3.63, 3.8) is 0 Å². The van der Waals surface area contributed by atoms with Gasteiger partial charge in [0.15, 0.2) is 5.41 Å². The molecule has 1 saturated heterocycles. The van der Waals surface area contributed by atoms with Gasteiger partial charge in [-0.25, -0.2) is 13.2 Å². The van der Waals surface area contributed by atoms with Crippen LogP contribution >= 0.6 is 0 Å². The molecule has 1 heterocycles. The van der Waals surface area contributed by atoms with Crippen molar-refractivity contribution in [3.8, 4) is 5.75 Å². The summed E-state index contributed by atoms with van der Waals surface area (Å²) in [7, 11) is 0. The Morgan fingerprint density at radius 1 is 1.08 bits per heavy atom. The van der Waals surface area contributed by atoms with Crippen LogP contribution in [-0.4, -0.2) is 29.3 Å². The molecule has 134 valence electrons. The van der Waals surface area contributed by atoms with Crippen LogP contribution in [0.1, 0.15) is 12.8 Å². The summed E-state index contributed by atoms with van der Waals surface area (Å²) in [4.78, 5) is 24.6. The number of aliphatic hydroxyl groups excluding tert-OH is 1. The summed E-state index contributed by atoms with van der Waals surface area (Å²) in [5.41, 5.74) is -1.91. The molecule has 0 amide bonds. The first kappa shape index (κ1) is 16.2. The summed E-state index contributed by atoms with van der Waals surface area (Å²) in [5.74, 6) is -17.0. The van der Waals surface area contributed by atoms with Gasteiger partial charge < -0.3 is 14.6 Å². The first-order valence-corrected chi connectivity index (χ1v) is 7.33. The highest BCUT2D eigenvalue weighted by Crippen LogP contribution is 2.62. The van der Waals surface area contributed by atoms with Crippen molar-refractivity contribution in [2.45, 2.75) is 25.0 Å². The summed E-state index contributed by atoms with van der Waals surface area (Å²) in [6.07, 6.45) is -1.84. The lowest BCUT2D eigenvalue weighted by Crippen LogP contribution is -2.45. The first-order chi connectivity index (χ1) is 11.7. The van der Waals surface area contributed by atoms with Crippen molar-refractivity contribution in [3.05, 3.63) is 29.1 Å². The molecular formula is C15H9F5O5. The van der Waals surface area contributed by atoms with Crippen LogP contribution < -0.4 is 4.74 Å². The van der Waals surface area contributed by atoms with Crippen LogP contribution in [0.2, 0.25) is 0 Å². The molecule has 5 unspecified atom stereocenters. The summed E-state index contributed by atoms with van der Waals surface area (Å²) in [5, 5.41) is 9.91. The standard InChI is InChI=1S/C15H9F5O5/c16-5-6(17)8(19)12(9(20)7(5)18)25-14(23)15-2-3-1-4(15)11(10(3)21)24-13(15)22/h3-4,10-11,21H,1-2H2. The number of benzene rings is 1. The molecule has 0 spiro atoms. The second-order valence-electron chi connectivity index (χ2n) is 6.43. The molecule has 3 fully saturated rings. The summed E-state index contributed by atoms with van der Waals surface area (Å²) < 4.78 is 76.2. The Labute approximate surface area is 136 Å². The van der Waals surface area contributed by atoms with Gasteiger partial charge in [-0.2, -0.15) is 8.78 Å². The average molecular weight is 364 g/mol. The van der Waals surface area contributed by atoms with E-state index in [-0.39, 0.29) is 12.8 Å². The van der Waals surface area contributed by atoms with Crippen LogP contribution in [0.25, 0.3) is 0 Å². The molecule has 2 saturated carbocycles. The van der Waals surface area contributed by atoms with E-state index in [2.05, 4.69) is 4.74 Å². The van der Waals surface area contributed by atoms with Crippen molar-refractivity contribution in [2.75, 3.05) is 0 Å². The van der Waals surface area contributed by atoms with E-state index in [4.69, 9.17) is 4.74 Å². The third kappa shape index (κ3) is 1.80. The maximum Gasteiger partial charge on any atom is 0.329 e. The van der Waals surface area contributed by atoms with Crippen LogP contribution in [0.3, 0.4) is 0 Å². The van der Waals surface area contributed by atoms with Gasteiger partial charge >= 0.3 is 11.9 Å². The number of hydrogen-bond donors (Lipinski definition) is 1. The van der Waals surface area contributed by atoms with Crippen molar-refractivity contribution >= 4 is 11.9 Å². The van der Waals surface area contributed by atoms with Gasteiger partial charge in [-0.15, -0.1) is 0 Å². The second-order valence-corrected chi connectivity index (χ2v) is 6.43. The van der Waals surface area contributed by atoms with Gasteiger partial charge in [-0.1, -0.05) is 0 Å². The third-order valence-electron chi connectivity index (χ3n) is 5.33. The normalized spacial score (nSPS) is 35.2. The van der Waals surface area contributed by atoms with Crippen LogP contribution in [0.15, 0.2) is 0 Å². The molecular weight excluding hydrogens is 355 g/mol. The van der Waals surface area contributed by atoms with Crippen molar-refractivity contribution in [2.24, 2.45) is 17.3 Å². The predicted molar refractivity (Wildman–Crippen MR) is 66.4 cm³/mol. The molecule has 1 aromatic carbocycles. The number of esters is 2. The van der Waals surface area contributed by atoms with Crippen LogP contribution in [0, 0.1) is 46.3 Å². The van der Waals surface area contributed by atoms with E-state index in [1.165, 1.54) is 0 Å². The van der Waals surface area contributed by atoms with Crippen LogP contribution in [-0.2, 0) is 14.3 Å². The molecule has 2 bridgehead atoms. The largest absolute Gasteiger partial charge is 0.458 e. The molecule has 25 heavy (non-hydrogen) atoms. The van der Waals surface area contributed by atoms with Gasteiger partial charge in [-0.3, -0.25) is 9.59 Å². The van der Waals surface area contributed by atoms with Gasteiger partial charge in [0.25, 0.3) is 0 Å². The highest BCUT2D eigenvalue weighted by atomic mass is 19.2. The Balaban J connectivity index is 1.72. The summed E-state index contributed by atoms with van der Waals surface area (Å²) in [6.45, 7) is 0. The average Bonchev–Trinajstić information content (AvgIpc) is 3.18. The molecule has 5 nitrogen and oxygen atoms in total. The van der Waals surface area contributed by atoms with Crippen molar-refractivity contribution < 1.29 is 46.1 Å². The quantitative estimate of drug-likeness (QED) is 0.216. The monoisotopic (exact) mass is 364 g/mol. The zero-order chi connectivity index (χ0) is 18.3. The number of ether oxygens (including phenoxy) is 2. The van der Waals surface area contributed by atoms with E-state index in [1.807, 2.05) is 0 Å². The Bertz CT molecular complexity index is 798. The summed E-state index contributed by atoms with van der Waals surface area (Å²) in [6, 6.07) is 0. The zero-order valence-electron chi connectivity index (χ0n) is 12.2. The Hall–Kier alpha value is -2.23. The molecule has 5 atom stereocenters. The van der Waals surface area contributed by atoms with E-state index >= 15 is 0 Å². The smallest absolute Gasteiger partial charge is 0.329 e.